The van der Waals surface area contributed by atoms with Crippen LogP contribution >= 0.6 is 23.1 Å². The Labute approximate surface area is 150 Å². The highest BCUT2D eigenvalue weighted by Gasteiger charge is 2.11. The number of thiophene rings is 1. The minimum Gasteiger partial charge on any atom is -0.340 e. The summed E-state index contributed by atoms with van der Waals surface area (Å²) in [4.78, 5) is 25.8. The van der Waals surface area contributed by atoms with E-state index in [1.807, 2.05) is 24.6 Å². The van der Waals surface area contributed by atoms with Gasteiger partial charge in [0.2, 0.25) is 5.91 Å². The zero-order valence-electron chi connectivity index (χ0n) is 13.7. The molecule has 0 atom stereocenters. The smallest absolute Gasteiger partial charge is 0.253 e. The molecule has 2 rings (SSSR count). The Morgan fingerprint density at radius 3 is 2.58 bits per heavy atom. The van der Waals surface area contributed by atoms with Gasteiger partial charge in [0.1, 0.15) is 0 Å². The number of amides is 2. The van der Waals surface area contributed by atoms with Crippen molar-refractivity contribution in [2.75, 3.05) is 38.3 Å². The molecule has 0 aliphatic rings. The van der Waals surface area contributed by atoms with E-state index in [9.17, 15) is 9.59 Å². The van der Waals surface area contributed by atoms with Crippen LogP contribution in [0.4, 0.5) is 5.69 Å². The molecule has 1 heterocycles. The molecule has 5 nitrogen and oxygen atoms in total. The summed E-state index contributed by atoms with van der Waals surface area (Å²) >= 11 is 3.13. The Kier molecular flexibility index (Phi) is 7.30. The highest BCUT2D eigenvalue weighted by atomic mass is 32.2. The van der Waals surface area contributed by atoms with Crippen LogP contribution in [-0.2, 0) is 4.79 Å². The Morgan fingerprint density at radius 2 is 1.96 bits per heavy atom. The lowest BCUT2D eigenvalue weighted by Crippen LogP contribution is -2.32. The summed E-state index contributed by atoms with van der Waals surface area (Å²) < 4.78 is 1.12. The summed E-state index contributed by atoms with van der Waals surface area (Å²) in [7, 11) is 3.63. The zero-order valence-corrected chi connectivity index (χ0v) is 15.4. The topological polar surface area (TPSA) is 61.4 Å². The third kappa shape index (κ3) is 5.67. The molecule has 2 N–H and O–H groups in total. The first-order chi connectivity index (χ1) is 11.6. The quantitative estimate of drug-likeness (QED) is 0.708. The second kappa shape index (κ2) is 9.46. The number of likely N-dealkylation sites (N-methyl/N-ethyl adjacent to an activating group) is 2. The van der Waals surface area contributed by atoms with Crippen LogP contribution < -0.4 is 10.6 Å². The van der Waals surface area contributed by atoms with E-state index < -0.39 is 0 Å². The molecule has 2 aromatic rings. The first-order valence-corrected chi connectivity index (χ1v) is 9.43. The highest BCUT2D eigenvalue weighted by Crippen LogP contribution is 2.23. The normalized spacial score (nSPS) is 10.4. The Morgan fingerprint density at radius 1 is 1.21 bits per heavy atom. The number of rotatable bonds is 8. The molecule has 0 unspecified atom stereocenters. The summed E-state index contributed by atoms with van der Waals surface area (Å²) in [6.07, 6.45) is 0. The van der Waals surface area contributed by atoms with Crippen molar-refractivity contribution in [2.45, 2.75) is 4.21 Å². The minimum absolute atomic E-state index is 0.0311. The molecular weight excluding hydrogens is 342 g/mol. The Hall–Kier alpha value is -1.83. The summed E-state index contributed by atoms with van der Waals surface area (Å²) in [5.74, 6) is 0.281. The number of nitrogens with one attached hydrogen (secondary N) is 2. The first-order valence-electron chi connectivity index (χ1n) is 7.56. The van der Waals surface area contributed by atoms with Gasteiger partial charge in [-0.2, -0.15) is 0 Å². The fourth-order valence-corrected chi connectivity index (χ4v) is 3.56. The number of benzene rings is 1. The maximum Gasteiger partial charge on any atom is 0.253 e. The van der Waals surface area contributed by atoms with Crippen LogP contribution in [0.25, 0.3) is 0 Å². The van der Waals surface area contributed by atoms with Crippen molar-refractivity contribution in [1.82, 2.24) is 10.2 Å². The third-order valence-corrected chi connectivity index (χ3v) is 5.43. The molecule has 24 heavy (non-hydrogen) atoms. The van der Waals surface area contributed by atoms with E-state index in [0.29, 0.717) is 23.5 Å². The molecule has 1 aromatic carbocycles. The lowest BCUT2D eigenvalue weighted by molar-refractivity contribution is -0.113. The number of anilines is 1. The van der Waals surface area contributed by atoms with Crippen molar-refractivity contribution < 1.29 is 9.59 Å². The van der Waals surface area contributed by atoms with Crippen LogP contribution in [0.5, 0.6) is 0 Å². The van der Waals surface area contributed by atoms with Gasteiger partial charge in [-0.1, -0.05) is 6.07 Å². The van der Waals surface area contributed by atoms with Crippen LogP contribution in [0, 0.1) is 0 Å². The second-order valence-corrected chi connectivity index (χ2v) is 7.40. The number of hydrogen-bond donors (Lipinski definition) is 2. The van der Waals surface area contributed by atoms with Gasteiger partial charge < -0.3 is 15.5 Å². The van der Waals surface area contributed by atoms with Gasteiger partial charge in [-0.3, -0.25) is 9.59 Å². The lowest BCUT2D eigenvalue weighted by Gasteiger charge is -2.17. The van der Waals surface area contributed by atoms with Gasteiger partial charge in [0.15, 0.2) is 0 Å². The van der Waals surface area contributed by atoms with Crippen LogP contribution in [0.15, 0.2) is 46.0 Å². The van der Waals surface area contributed by atoms with Gasteiger partial charge in [-0.05, 0) is 42.8 Å². The molecule has 0 saturated heterocycles. The van der Waals surface area contributed by atoms with Gasteiger partial charge in [-0.15, -0.1) is 23.1 Å². The molecule has 0 aliphatic carbocycles. The van der Waals surface area contributed by atoms with Gasteiger partial charge in [-0.25, -0.2) is 0 Å². The van der Waals surface area contributed by atoms with E-state index in [4.69, 9.17) is 0 Å². The number of thioether (sulfide) groups is 1. The van der Waals surface area contributed by atoms with Gasteiger partial charge in [0.25, 0.3) is 5.91 Å². The summed E-state index contributed by atoms with van der Waals surface area (Å²) in [6, 6.07) is 10.9. The van der Waals surface area contributed by atoms with Crippen molar-refractivity contribution >= 4 is 40.6 Å². The number of carbonyl (C=O) groups excluding carboxylic acids is 2. The van der Waals surface area contributed by atoms with Gasteiger partial charge >= 0.3 is 0 Å². The molecule has 128 valence electrons. The summed E-state index contributed by atoms with van der Waals surface area (Å²) in [6.45, 7) is 1.39. The zero-order chi connectivity index (χ0) is 17.4. The molecule has 2 amide bonds. The van der Waals surface area contributed by atoms with Crippen molar-refractivity contribution in [2.24, 2.45) is 0 Å². The number of hydrogen-bond acceptors (Lipinski definition) is 5. The Balaban J connectivity index is 1.84. The van der Waals surface area contributed by atoms with Crippen LogP contribution in [0.1, 0.15) is 10.4 Å². The van der Waals surface area contributed by atoms with E-state index in [-0.39, 0.29) is 11.8 Å². The van der Waals surface area contributed by atoms with E-state index in [1.165, 1.54) is 11.8 Å². The predicted octanol–water partition coefficient (Wildman–Crippen LogP) is 2.77. The summed E-state index contributed by atoms with van der Waals surface area (Å²) in [5, 5.41) is 7.85. The van der Waals surface area contributed by atoms with Crippen molar-refractivity contribution in [3.8, 4) is 0 Å². The van der Waals surface area contributed by atoms with Crippen LogP contribution in [0.2, 0.25) is 0 Å². The fraction of sp³-hybridized carbons (Fsp3) is 0.294. The number of nitrogens with zero attached hydrogens (tertiary/aromatic N) is 1. The molecule has 7 heteroatoms. The maximum absolute atomic E-state index is 12.2. The molecule has 0 saturated carbocycles. The second-order valence-electron chi connectivity index (χ2n) is 5.18. The predicted molar refractivity (Wildman–Crippen MR) is 101 cm³/mol. The van der Waals surface area contributed by atoms with E-state index >= 15 is 0 Å². The first kappa shape index (κ1) is 18.5. The van der Waals surface area contributed by atoms with Gasteiger partial charge in [0.05, 0.1) is 9.96 Å². The molecule has 1 aromatic heterocycles. The van der Waals surface area contributed by atoms with Crippen molar-refractivity contribution in [1.29, 1.82) is 0 Å². The summed E-state index contributed by atoms with van der Waals surface area (Å²) in [5.41, 5.74) is 1.31. The molecular formula is C17H21N3O2S2. The van der Waals surface area contributed by atoms with Crippen molar-refractivity contribution in [3.63, 3.8) is 0 Å². The van der Waals surface area contributed by atoms with Crippen molar-refractivity contribution in [3.05, 3.63) is 47.3 Å². The Bertz CT molecular complexity index is 657. The highest BCUT2D eigenvalue weighted by molar-refractivity contribution is 8.01. The molecule has 0 aliphatic heterocycles. The monoisotopic (exact) mass is 363 g/mol. The van der Waals surface area contributed by atoms with Crippen LogP contribution in [0.3, 0.4) is 0 Å². The van der Waals surface area contributed by atoms with E-state index in [2.05, 4.69) is 10.6 Å². The SMILES string of the molecule is CNCCN(C)C(=O)c1ccc(NC(=O)CSc2cccs2)cc1. The fourth-order valence-electron chi connectivity index (χ4n) is 1.98. The van der Waals surface area contributed by atoms with Crippen LogP contribution in [-0.4, -0.2) is 49.7 Å². The standard InChI is InChI=1S/C17H21N3O2S2/c1-18-9-10-20(2)17(22)13-5-7-14(8-6-13)19-15(21)12-24-16-4-3-11-23-16/h3-8,11,18H,9-10,12H2,1-2H3,(H,19,21). The van der Waals surface area contributed by atoms with E-state index in [0.717, 1.165) is 10.8 Å². The van der Waals surface area contributed by atoms with E-state index in [1.54, 1.807) is 47.5 Å². The lowest BCUT2D eigenvalue weighted by atomic mass is 10.2. The molecule has 0 spiro atoms. The molecule has 0 radical (unpaired) electrons. The third-order valence-electron chi connectivity index (χ3n) is 3.30. The number of carbonyl (C=O) groups is 2. The maximum atomic E-state index is 12.2. The largest absolute Gasteiger partial charge is 0.340 e. The average molecular weight is 364 g/mol. The molecule has 0 fully saturated rings. The molecule has 0 bridgehead atoms. The minimum atomic E-state index is -0.0568. The van der Waals surface area contributed by atoms with Gasteiger partial charge in [0, 0.05) is 31.4 Å². The average Bonchev–Trinajstić information content (AvgIpc) is 3.11.